The monoisotopic (exact) mass is 177 g/mol. The zero-order valence-corrected chi connectivity index (χ0v) is 7.15. The van der Waals surface area contributed by atoms with E-state index in [1.54, 1.807) is 0 Å². The van der Waals surface area contributed by atoms with E-state index in [0.717, 1.165) is 0 Å². The van der Waals surface area contributed by atoms with Crippen molar-refractivity contribution in [3.05, 3.63) is 0 Å². The van der Waals surface area contributed by atoms with Crippen molar-refractivity contribution in [1.29, 1.82) is 0 Å². The van der Waals surface area contributed by atoms with Crippen molar-refractivity contribution in [2.75, 3.05) is 25.4 Å². The van der Waals surface area contributed by atoms with E-state index in [9.17, 15) is 8.42 Å². The van der Waals surface area contributed by atoms with Crippen LogP contribution in [0.2, 0.25) is 0 Å². The lowest BCUT2D eigenvalue weighted by Crippen LogP contribution is -2.44. The van der Waals surface area contributed by atoms with E-state index in [1.165, 1.54) is 0 Å². The van der Waals surface area contributed by atoms with Crippen LogP contribution in [0.5, 0.6) is 0 Å². The van der Waals surface area contributed by atoms with E-state index in [2.05, 4.69) is 5.32 Å². The summed E-state index contributed by atoms with van der Waals surface area (Å²) in [6.07, 6.45) is 0.468. The van der Waals surface area contributed by atoms with Crippen LogP contribution in [0.1, 0.15) is 6.42 Å². The molecule has 0 aromatic heterocycles. The number of nitrogens with one attached hydrogen (secondary N) is 2. The summed E-state index contributed by atoms with van der Waals surface area (Å²) in [4.78, 5) is 0. The third-order valence-electron chi connectivity index (χ3n) is 1.91. The first kappa shape index (κ1) is 8.96. The number of sulfone groups is 1. The second kappa shape index (κ2) is 3.51. The molecule has 0 aromatic carbocycles. The minimum atomic E-state index is -2.87. The van der Waals surface area contributed by atoms with Gasteiger partial charge in [0.25, 0.3) is 0 Å². The smallest absolute Gasteiger partial charge is 0.155 e. The molecular formula is C6H13N2O2S. The van der Waals surface area contributed by atoms with Crippen molar-refractivity contribution in [3.8, 4) is 0 Å². The summed E-state index contributed by atoms with van der Waals surface area (Å²) in [5.74, 6) is 0.234. The molecule has 1 saturated heterocycles. The SMILES string of the molecule is [NH]CCC1CNCCS1(=O)=O. The van der Waals surface area contributed by atoms with Crippen LogP contribution in [-0.2, 0) is 9.84 Å². The van der Waals surface area contributed by atoms with Gasteiger partial charge in [0.15, 0.2) is 9.84 Å². The molecule has 0 spiro atoms. The Morgan fingerprint density at radius 3 is 2.82 bits per heavy atom. The highest BCUT2D eigenvalue weighted by Gasteiger charge is 2.27. The highest BCUT2D eigenvalue weighted by atomic mass is 32.2. The van der Waals surface area contributed by atoms with Gasteiger partial charge in [-0.25, -0.2) is 8.42 Å². The van der Waals surface area contributed by atoms with Gasteiger partial charge in [-0.05, 0) is 6.42 Å². The molecule has 4 nitrogen and oxygen atoms in total. The molecule has 0 aliphatic carbocycles. The van der Waals surface area contributed by atoms with Gasteiger partial charge in [0, 0.05) is 19.6 Å². The van der Waals surface area contributed by atoms with Crippen LogP contribution >= 0.6 is 0 Å². The zero-order valence-electron chi connectivity index (χ0n) is 6.34. The van der Waals surface area contributed by atoms with E-state index >= 15 is 0 Å². The molecule has 0 amide bonds. The summed E-state index contributed by atoms with van der Waals surface area (Å²) >= 11 is 0. The maximum Gasteiger partial charge on any atom is 0.155 e. The van der Waals surface area contributed by atoms with Gasteiger partial charge in [-0.15, -0.1) is 0 Å². The lowest BCUT2D eigenvalue weighted by Gasteiger charge is -2.22. The Kier molecular flexibility index (Phi) is 2.86. The van der Waals surface area contributed by atoms with Gasteiger partial charge in [0.1, 0.15) is 0 Å². The summed E-state index contributed by atoms with van der Waals surface area (Å²) in [5, 5.41) is 2.70. The molecule has 1 aliphatic rings. The third kappa shape index (κ3) is 2.15. The molecule has 11 heavy (non-hydrogen) atoms. The molecule has 0 aromatic rings. The molecule has 1 rings (SSSR count). The molecular weight excluding hydrogens is 164 g/mol. The maximum atomic E-state index is 11.2. The Labute approximate surface area is 67.1 Å². The van der Waals surface area contributed by atoms with Crippen LogP contribution in [-0.4, -0.2) is 39.1 Å². The van der Waals surface area contributed by atoms with Crippen LogP contribution in [0.3, 0.4) is 0 Å². The first-order valence-corrected chi connectivity index (χ1v) is 5.45. The van der Waals surface area contributed by atoms with E-state index in [4.69, 9.17) is 5.73 Å². The highest BCUT2D eigenvalue weighted by Crippen LogP contribution is 2.08. The predicted molar refractivity (Wildman–Crippen MR) is 43.0 cm³/mol. The van der Waals surface area contributed by atoms with Gasteiger partial charge in [-0.3, -0.25) is 5.73 Å². The van der Waals surface area contributed by atoms with Gasteiger partial charge < -0.3 is 5.32 Å². The van der Waals surface area contributed by atoms with Crippen molar-refractivity contribution < 1.29 is 8.42 Å². The van der Waals surface area contributed by atoms with Crippen LogP contribution in [0, 0.1) is 0 Å². The molecule has 1 heterocycles. The molecule has 1 radical (unpaired) electrons. The van der Waals surface area contributed by atoms with Gasteiger partial charge in [0.05, 0.1) is 11.0 Å². The van der Waals surface area contributed by atoms with Crippen molar-refractivity contribution in [2.45, 2.75) is 11.7 Å². The largest absolute Gasteiger partial charge is 0.314 e. The summed E-state index contributed by atoms with van der Waals surface area (Å²) in [7, 11) is -2.87. The van der Waals surface area contributed by atoms with Crippen molar-refractivity contribution in [2.24, 2.45) is 0 Å². The average Bonchev–Trinajstić information content (AvgIpc) is 1.94. The number of hydrogen-bond donors (Lipinski definition) is 1. The minimum Gasteiger partial charge on any atom is -0.314 e. The van der Waals surface area contributed by atoms with E-state index in [1.807, 2.05) is 0 Å². The average molecular weight is 177 g/mol. The molecule has 65 valence electrons. The number of rotatable bonds is 2. The normalized spacial score (nSPS) is 30.1. The summed E-state index contributed by atoms with van der Waals surface area (Å²) in [5.41, 5.74) is 6.92. The first-order valence-electron chi connectivity index (χ1n) is 3.73. The van der Waals surface area contributed by atoms with E-state index in [0.29, 0.717) is 19.5 Å². The van der Waals surface area contributed by atoms with Gasteiger partial charge in [-0.1, -0.05) is 0 Å². The summed E-state index contributed by atoms with van der Waals surface area (Å²) in [6, 6.07) is 0. The quantitative estimate of drug-likeness (QED) is 0.591. The molecule has 1 aliphatic heterocycles. The van der Waals surface area contributed by atoms with E-state index < -0.39 is 9.84 Å². The Balaban J connectivity index is 2.60. The molecule has 2 N–H and O–H groups in total. The Hall–Kier alpha value is -0.130. The fourth-order valence-corrected chi connectivity index (χ4v) is 2.82. The fraction of sp³-hybridized carbons (Fsp3) is 1.00. The molecule has 1 unspecified atom stereocenters. The predicted octanol–water partition coefficient (Wildman–Crippen LogP) is -0.954. The van der Waals surface area contributed by atoms with Crippen LogP contribution < -0.4 is 11.1 Å². The summed E-state index contributed by atoms with van der Waals surface area (Å²) in [6.45, 7) is 1.30. The zero-order chi connectivity index (χ0) is 8.32. The topological polar surface area (TPSA) is 70.0 Å². The molecule has 1 atom stereocenters. The minimum absolute atomic E-state index is 0.200. The standard InChI is InChI=1S/C6H13N2O2S/c7-2-1-6-5-8-3-4-11(6,9)10/h6-8H,1-5H2. The van der Waals surface area contributed by atoms with Crippen molar-refractivity contribution >= 4 is 9.84 Å². The molecule has 5 heteroatoms. The van der Waals surface area contributed by atoms with Gasteiger partial charge in [0.2, 0.25) is 0 Å². The van der Waals surface area contributed by atoms with Crippen LogP contribution in [0.15, 0.2) is 0 Å². The second-order valence-corrected chi connectivity index (χ2v) is 5.13. The van der Waals surface area contributed by atoms with Crippen LogP contribution in [0.4, 0.5) is 0 Å². The first-order chi connectivity index (χ1) is 5.17. The third-order valence-corrected chi connectivity index (χ3v) is 4.10. The lowest BCUT2D eigenvalue weighted by atomic mass is 10.3. The lowest BCUT2D eigenvalue weighted by molar-refractivity contribution is 0.534. The van der Waals surface area contributed by atoms with E-state index in [-0.39, 0.29) is 17.5 Å². The van der Waals surface area contributed by atoms with Gasteiger partial charge in [-0.2, -0.15) is 0 Å². The highest BCUT2D eigenvalue weighted by molar-refractivity contribution is 7.92. The Morgan fingerprint density at radius 2 is 2.27 bits per heavy atom. The number of hydrogen-bond acceptors (Lipinski definition) is 3. The molecule has 0 saturated carbocycles. The maximum absolute atomic E-state index is 11.2. The summed E-state index contributed by atoms with van der Waals surface area (Å²) < 4.78 is 22.5. The second-order valence-electron chi connectivity index (χ2n) is 2.73. The van der Waals surface area contributed by atoms with Crippen LogP contribution in [0.25, 0.3) is 0 Å². The molecule has 1 fully saturated rings. The van der Waals surface area contributed by atoms with Gasteiger partial charge >= 0.3 is 0 Å². The molecule has 0 bridgehead atoms. The van der Waals surface area contributed by atoms with Crippen molar-refractivity contribution in [1.82, 2.24) is 11.1 Å². The Bertz CT molecular complexity index is 211. The van der Waals surface area contributed by atoms with Crippen molar-refractivity contribution in [3.63, 3.8) is 0 Å². The fourth-order valence-electron chi connectivity index (χ4n) is 1.21. The Morgan fingerprint density at radius 1 is 1.55 bits per heavy atom.